The van der Waals surface area contributed by atoms with Crippen molar-refractivity contribution in [3.63, 3.8) is 0 Å². The molecule has 0 radical (unpaired) electrons. The second kappa shape index (κ2) is 3.76. The Hall–Kier alpha value is -0.180. The van der Waals surface area contributed by atoms with Crippen molar-refractivity contribution in [2.75, 3.05) is 19.6 Å². The molecule has 0 unspecified atom stereocenters. The van der Waals surface area contributed by atoms with Gasteiger partial charge < -0.3 is 0 Å². The highest BCUT2D eigenvalue weighted by Gasteiger charge is 2.51. The number of likely N-dealkylation sites (tertiary alicyclic amines) is 1. The lowest BCUT2D eigenvalue weighted by atomic mass is 9.57. The maximum Gasteiger partial charge on any atom is 0.251 e. The van der Waals surface area contributed by atoms with Gasteiger partial charge in [0.05, 0.1) is 6.54 Å². The molecule has 82 valence electrons. The number of hydrogen-bond acceptors (Lipinski definition) is 1. The molecule has 1 saturated carbocycles. The van der Waals surface area contributed by atoms with Gasteiger partial charge in [-0.25, -0.2) is 8.78 Å². The fraction of sp³-hybridized carbons (Fsp3) is 1.00. The molecule has 1 aliphatic heterocycles. The van der Waals surface area contributed by atoms with Crippen molar-refractivity contribution in [1.82, 2.24) is 4.90 Å². The van der Waals surface area contributed by atoms with Crippen LogP contribution in [0, 0.1) is 11.3 Å². The van der Waals surface area contributed by atoms with E-state index >= 15 is 0 Å². The molecular formula is C11H19F2N. The first kappa shape index (κ1) is 10.3. The summed E-state index contributed by atoms with van der Waals surface area (Å²) in [7, 11) is 0. The van der Waals surface area contributed by atoms with E-state index in [9.17, 15) is 8.78 Å². The third-order valence-corrected chi connectivity index (χ3v) is 3.65. The molecule has 1 nitrogen and oxygen atoms in total. The van der Waals surface area contributed by atoms with Crippen LogP contribution < -0.4 is 0 Å². The highest BCUT2D eigenvalue weighted by Crippen LogP contribution is 2.53. The van der Waals surface area contributed by atoms with E-state index in [1.165, 1.54) is 25.7 Å². The van der Waals surface area contributed by atoms with Gasteiger partial charge in [0.1, 0.15) is 0 Å². The van der Waals surface area contributed by atoms with E-state index in [1.807, 2.05) is 4.90 Å². The molecule has 1 aliphatic carbocycles. The molecule has 0 aromatic rings. The molecule has 1 spiro atoms. The number of nitrogens with zero attached hydrogens (tertiary/aromatic N) is 1. The van der Waals surface area contributed by atoms with Gasteiger partial charge in [-0.1, -0.05) is 19.8 Å². The Kier molecular flexibility index (Phi) is 2.78. The average Bonchev–Trinajstić information content (AvgIpc) is 1.95. The number of alkyl halides is 2. The highest BCUT2D eigenvalue weighted by atomic mass is 19.3. The summed E-state index contributed by atoms with van der Waals surface area (Å²) in [6.45, 7) is 4.06. The molecule has 0 bridgehead atoms. The smallest absolute Gasteiger partial charge is 0.251 e. The zero-order chi connectivity index (χ0) is 10.2. The second-order valence-electron chi connectivity index (χ2n) is 5.12. The topological polar surface area (TPSA) is 3.24 Å². The van der Waals surface area contributed by atoms with Gasteiger partial charge in [0.25, 0.3) is 6.43 Å². The largest absolute Gasteiger partial charge is 0.297 e. The van der Waals surface area contributed by atoms with Crippen LogP contribution in [0.2, 0.25) is 0 Å². The van der Waals surface area contributed by atoms with Crippen molar-refractivity contribution in [1.29, 1.82) is 0 Å². The highest BCUT2D eigenvalue weighted by molar-refractivity contribution is 5.03. The van der Waals surface area contributed by atoms with Crippen molar-refractivity contribution in [3.8, 4) is 0 Å². The van der Waals surface area contributed by atoms with Crippen molar-refractivity contribution in [2.24, 2.45) is 11.3 Å². The third-order valence-electron chi connectivity index (χ3n) is 3.65. The normalized spacial score (nSPS) is 26.6. The van der Waals surface area contributed by atoms with E-state index in [0.717, 1.165) is 19.0 Å². The first-order valence-electron chi connectivity index (χ1n) is 5.64. The Morgan fingerprint density at radius 1 is 1.36 bits per heavy atom. The van der Waals surface area contributed by atoms with Crippen molar-refractivity contribution in [2.45, 2.75) is 39.0 Å². The first-order chi connectivity index (χ1) is 6.63. The Bertz CT molecular complexity index is 191. The average molecular weight is 203 g/mol. The van der Waals surface area contributed by atoms with E-state index in [4.69, 9.17) is 0 Å². The van der Waals surface area contributed by atoms with Crippen LogP contribution in [0.4, 0.5) is 8.78 Å². The Morgan fingerprint density at radius 2 is 2.00 bits per heavy atom. The van der Waals surface area contributed by atoms with Crippen LogP contribution >= 0.6 is 0 Å². The fourth-order valence-electron chi connectivity index (χ4n) is 3.26. The first-order valence-corrected chi connectivity index (χ1v) is 5.64. The fourth-order valence-corrected chi connectivity index (χ4v) is 3.26. The molecule has 0 amide bonds. The minimum absolute atomic E-state index is 0.0137. The Balaban J connectivity index is 1.64. The zero-order valence-electron chi connectivity index (χ0n) is 8.81. The summed E-state index contributed by atoms with van der Waals surface area (Å²) in [5, 5.41) is 0. The quantitative estimate of drug-likeness (QED) is 0.679. The van der Waals surface area contributed by atoms with Crippen molar-refractivity contribution in [3.05, 3.63) is 0 Å². The van der Waals surface area contributed by atoms with Gasteiger partial charge in [-0.3, -0.25) is 4.90 Å². The van der Waals surface area contributed by atoms with Crippen LogP contribution in [-0.4, -0.2) is 31.0 Å². The minimum Gasteiger partial charge on any atom is -0.297 e. The van der Waals surface area contributed by atoms with Gasteiger partial charge in [0.15, 0.2) is 0 Å². The molecule has 2 aliphatic rings. The van der Waals surface area contributed by atoms with E-state index in [2.05, 4.69) is 6.92 Å². The van der Waals surface area contributed by atoms with Crippen molar-refractivity contribution >= 4 is 0 Å². The summed E-state index contributed by atoms with van der Waals surface area (Å²) >= 11 is 0. The summed E-state index contributed by atoms with van der Waals surface area (Å²) < 4.78 is 24.1. The van der Waals surface area contributed by atoms with Gasteiger partial charge in [-0.15, -0.1) is 0 Å². The minimum atomic E-state index is -2.15. The van der Waals surface area contributed by atoms with Crippen LogP contribution in [0.15, 0.2) is 0 Å². The molecule has 1 saturated heterocycles. The standard InChI is InChI=1S/C11H19F2N/c1-2-3-9-4-11(5-9)7-14(8-11)6-10(12)13/h9-10H,2-8H2,1H3. The lowest BCUT2D eigenvalue weighted by molar-refractivity contribution is -0.111. The summed E-state index contributed by atoms with van der Waals surface area (Å²) in [5.74, 6) is 0.897. The predicted molar refractivity (Wildman–Crippen MR) is 52.5 cm³/mol. The van der Waals surface area contributed by atoms with Crippen LogP contribution in [-0.2, 0) is 0 Å². The molecule has 2 rings (SSSR count). The summed E-state index contributed by atoms with van der Waals surface area (Å²) in [6, 6.07) is 0. The second-order valence-corrected chi connectivity index (χ2v) is 5.12. The van der Waals surface area contributed by atoms with Crippen LogP contribution in [0.5, 0.6) is 0 Å². The van der Waals surface area contributed by atoms with E-state index in [0.29, 0.717) is 5.41 Å². The lowest BCUT2D eigenvalue weighted by Gasteiger charge is -2.59. The summed E-state index contributed by atoms with van der Waals surface area (Å²) in [6.07, 6.45) is 3.03. The maximum absolute atomic E-state index is 12.0. The SMILES string of the molecule is CCCC1CC2(C1)CN(CC(F)F)C2. The van der Waals surface area contributed by atoms with E-state index < -0.39 is 6.43 Å². The van der Waals surface area contributed by atoms with Crippen LogP contribution in [0.25, 0.3) is 0 Å². The molecule has 0 N–H and O–H groups in total. The van der Waals surface area contributed by atoms with Gasteiger partial charge in [0.2, 0.25) is 0 Å². The molecule has 0 aromatic carbocycles. The number of halogens is 2. The Labute approximate surface area is 84.5 Å². The van der Waals surface area contributed by atoms with Crippen LogP contribution in [0.3, 0.4) is 0 Å². The molecule has 2 fully saturated rings. The van der Waals surface area contributed by atoms with Gasteiger partial charge in [-0.2, -0.15) is 0 Å². The molecule has 14 heavy (non-hydrogen) atoms. The summed E-state index contributed by atoms with van der Waals surface area (Å²) in [4.78, 5) is 1.90. The summed E-state index contributed by atoms with van der Waals surface area (Å²) in [5.41, 5.74) is 0.467. The monoisotopic (exact) mass is 203 g/mol. The molecule has 0 atom stereocenters. The number of hydrogen-bond donors (Lipinski definition) is 0. The zero-order valence-corrected chi connectivity index (χ0v) is 8.81. The predicted octanol–water partition coefficient (Wildman–Crippen LogP) is 2.76. The van der Waals surface area contributed by atoms with Gasteiger partial charge >= 0.3 is 0 Å². The van der Waals surface area contributed by atoms with Crippen molar-refractivity contribution < 1.29 is 8.78 Å². The van der Waals surface area contributed by atoms with E-state index in [1.54, 1.807) is 0 Å². The van der Waals surface area contributed by atoms with Gasteiger partial charge in [-0.05, 0) is 24.2 Å². The van der Waals surface area contributed by atoms with Gasteiger partial charge in [0, 0.05) is 13.1 Å². The third kappa shape index (κ3) is 1.92. The number of rotatable bonds is 4. The lowest BCUT2D eigenvalue weighted by Crippen LogP contribution is -2.62. The Morgan fingerprint density at radius 3 is 2.50 bits per heavy atom. The molecular weight excluding hydrogens is 184 g/mol. The molecule has 1 heterocycles. The molecule has 0 aromatic heterocycles. The van der Waals surface area contributed by atoms with E-state index in [-0.39, 0.29) is 6.54 Å². The maximum atomic E-state index is 12.0. The van der Waals surface area contributed by atoms with Crippen LogP contribution in [0.1, 0.15) is 32.6 Å². The molecule has 3 heteroatoms.